The minimum Gasteiger partial charge on any atom is -0.317 e. The van der Waals surface area contributed by atoms with Crippen molar-refractivity contribution in [2.24, 2.45) is 0 Å². The standard InChI is InChI=1S/4CH3N.Li/c4*1-2;/h4*2H,1H2;. The van der Waals surface area contributed by atoms with Crippen molar-refractivity contribution in [2.45, 2.75) is 0 Å². The van der Waals surface area contributed by atoms with Crippen LogP contribution in [0.5, 0.6) is 0 Å². The van der Waals surface area contributed by atoms with E-state index in [4.69, 9.17) is 21.6 Å². The van der Waals surface area contributed by atoms with Crippen LogP contribution in [0.3, 0.4) is 0 Å². The van der Waals surface area contributed by atoms with Gasteiger partial charge in [0.1, 0.15) is 0 Å². The summed E-state index contributed by atoms with van der Waals surface area (Å²) in [6, 6.07) is 0. The minimum atomic E-state index is 0. The Hall–Kier alpha value is -0.723. The van der Waals surface area contributed by atoms with Crippen LogP contribution in [-0.4, -0.2) is 45.7 Å². The Morgan fingerprint density at radius 2 is 0.444 bits per heavy atom. The maximum absolute atomic E-state index is 5.50. The van der Waals surface area contributed by atoms with Gasteiger partial charge in [0.2, 0.25) is 0 Å². The Morgan fingerprint density at radius 1 is 0.444 bits per heavy atom. The fourth-order valence-electron chi connectivity index (χ4n) is 0. The number of rotatable bonds is 0. The summed E-state index contributed by atoms with van der Waals surface area (Å²) in [6.45, 7) is 10.0. The molecule has 0 saturated carbocycles. The van der Waals surface area contributed by atoms with Crippen LogP contribution in [0.4, 0.5) is 0 Å². The first-order chi connectivity index (χ1) is 4.00. The van der Waals surface area contributed by atoms with Gasteiger partial charge in [-0.1, -0.05) is 0 Å². The predicted octanol–water partition coefficient (Wildman–Crippen LogP) is 0.682. The van der Waals surface area contributed by atoms with Crippen molar-refractivity contribution in [1.29, 1.82) is 21.6 Å². The Morgan fingerprint density at radius 3 is 0.444 bits per heavy atom. The van der Waals surface area contributed by atoms with Crippen LogP contribution in [0.2, 0.25) is 0 Å². The van der Waals surface area contributed by atoms with E-state index in [1.807, 2.05) is 0 Å². The predicted molar refractivity (Wildman–Crippen MR) is 45.1 cm³/mol. The molecule has 0 amide bonds. The van der Waals surface area contributed by atoms with Crippen LogP contribution in [0, 0.1) is 21.6 Å². The monoisotopic (exact) mass is 123 g/mol. The zero-order chi connectivity index (χ0) is 8.00. The van der Waals surface area contributed by atoms with Gasteiger partial charge in [-0.25, -0.2) is 0 Å². The Balaban J connectivity index is -0.00000000762. The fourth-order valence-corrected chi connectivity index (χ4v) is 0. The maximum atomic E-state index is 5.50. The van der Waals surface area contributed by atoms with Gasteiger partial charge in [-0.05, 0) is 26.9 Å². The molecule has 0 aliphatic heterocycles. The van der Waals surface area contributed by atoms with Gasteiger partial charge in [0.15, 0.2) is 0 Å². The largest absolute Gasteiger partial charge is 0.317 e. The molecule has 0 atom stereocenters. The van der Waals surface area contributed by atoms with Gasteiger partial charge in [-0.3, -0.25) is 0 Å². The smallest absolute Gasteiger partial charge is 0 e. The molecule has 0 heterocycles. The molecular formula is C4H12LiN4. The molecule has 9 heavy (non-hydrogen) atoms. The second kappa shape index (κ2) is 549. The third kappa shape index (κ3) is 388. The van der Waals surface area contributed by atoms with Gasteiger partial charge in [0.25, 0.3) is 0 Å². The molecule has 0 spiro atoms. The van der Waals surface area contributed by atoms with E-state index in [0.29, 0.717) is 0 Å². The number of nitrogens with one attached hydrogen (secondary N) is 4. The third-order valence-electron chi connectivity index (χ3n) is 0. The molecule has 1 radical (unpaired) electrons. The minimum absolute atomic E-state index is 0. The summed E-state index contributed by atoms with van der Waals surface area (Å²) in [5.74, 6) is 0. The molecule has 49 valence electrons. The molecule has 0 unspecified atom stereocenters. The molecule has 0 aromatic carbocycles. The van der Waals surface area contributed by atoms with Crippen molar-refractivity contribution in [3.05, 3.63) is 0 Å². The van der Waals surface area contributed by atoms with Crippen LogP contribution in [-0.2, 0) is 0 Å². The van der Waals surface area contributed by atoms with Gasteiger partial charge in [0.05, 0.1) is 0 Å². The molecule has 0 aromatic rings. The van der Waals surface area contributed by atoms with E-state index in [1.54, 1.807) is 0 Å². The molecule has 5 heteroatoms. The van der Waals surface area contributed by atoms with Crippen LogP contribution < -0.4 is 0 Å². The zero-order valence-electron chi connectivity index (χ0n) is 5.83. The van der Waals surface area contributed by atoms with Gasteiger partial charge >= 0.3 is 0 Å². The van der Waals surface area contributed by atoms with E-state index < -0.39 is 0 Å². The first-order valence-electron chi connectivity index (χ1n) is 1.41. The first kappa shape index (κ1) is 40.8. The van der Waals surface area contributed by atoms with E-state index in [-0.39, 0.29) is 18.9 Å². The van der Waals surface area contributed by atoms with Crippen molar-refractivity contribution in [3.8, 4) is 0 Å². The SMILES string of the molecule is C=N.C=N.C=N.C=N.[Li]. The van der Waals surface area contributed by atoms with Crippen LogP contribution in [0.1, 0.15) is 0 Å². The average Bonchev–Trinajstić information content (AvgIpc) is 2.03. The van der Waals surface area contributed by atoms with Crippen molar-refractivity contribution in [3.63, 3.8) is 0 Å². The van der Waals surface area contributed by atoms with Gasteiger partial charge in [-0.2, -0.15) is 0 Å². The number of hydrogen-bond acceptors (Lipinski definition) is 4. The quantitative estimate of drug-likeness (QED) is 0.269. The van der Waals surface area contributed by atoms with Crippen molar-refractivity contribution in [1.82, 2.24) is 0 Å². The molecule has 4 nitrogen and oxygen atoms in total. The van der Waals surface area contributed by atoms with E-state index in [1.165, 1.54) is 0 Å². The summed E-state index contributed by atoms with van der Waals surface area (Å²) in [4.78, 5) is 0. The molecule has 0 fully saturated rings. The zero-order valence-corrected chi connectivity index (χ0v) is 5.83. The molecular weight excluding hydrogens is 111 g/mol. The summed E-state index contributed by atoms with van der Waals surface area (Å²) in [5, 5.41) is 22.0. The van der Waals surface area contributed by atoms with E-state index in [2.05, 4.69) is 26.9 Å². The molecule has 0 saturated heterocycles. The Bertz CT molecular complexity index is 20.5. The van der Waals surface area contributed by atoms with Gasteiger partial charge < -0.3 is 21.6 Å². The van der Waals surface area contributed by atoms with Gasteiger partial charge in [-0.15, -0.1) is 0 Å². The van der Waals surface area contributed by atoms with Gasteiger partial charge in [0, 0.05) is 18.9 Å². The number of hydrogen-bond donors (Lipinski definition) is 4. The fraction of sp³-hybridized carbons (Fsp3) is 0. The molecule has 0 bridgehead atoms. The summed E-state index contributed by atoms with van der Waals surface area (Å²) >= 11 is 0. The second-order valence-electron chi connectivity index (χ2n) is 0. The molecule has 0 aliphatic rings. The van der Waals surface area contributed by atoms with Crippen LogP contribution >= 0.6 is 0 Å². The average molecular weight is 123 g/mol. The second-order valence-corrected chi connectivity index (χ2v) is 0. The van der Waals surface area contributed by atoms with Crippen molar-refractivity contribution in [2.75, 3.05) is 0 Å². The normalized spacial score (nSPS) is 1.78. The van der Waals surface area contributed by atoms with E-state index >= 15 is 0 Å². The van der Waals surface area contributed by atoms with E-state index in [9.17, 15) is 0 Å². The maximum Gasteiger partial charge on any atom is 0 e. The first-order valence-corrected chi connectivity index (χ1v) is 1.41. The van der Waals surface area contributed by atoms with Crippen LogP contribution in [0.25, 0.3) is 0 Å². The summed E-state index contributed by atoms with van der Waals surface area (Å²) in [5.41, 5.74) is 0. The summed E-state index contributed by atoms with van der Waals surface area (Å²) < 4.78 is 0. The molecule has 0 rings (SSSR count). The Labute approximate surface area is 67.9 Å². The summed E-state index contributed by atoms with van der Waals surface area (Å²) in [7, 11) is 0. The van der Waals surface area contributed by atoms with E-state index in [0.717, 1.165) is 0 Å². The van der Waals surface area contributed by atoms with Crippen LogP contribution in [0.15, 0.2) is 0 Å². The molecule has 0 aliphatic carbocycles. The topological polar surface area (TPSA) is 95.4 Å². The summed E-state index contributed by atoms with van der Waals surface area (Å²) in [6.07, 6.45) is 0. The third-order valence-corrected chi connectivity index (χ3v) is 0. The van der Waals surface area contributed by atoms with Crippen molar-refractivity contribution < 1.29 is 0 Å². The molecule has 4 N–H and O–H groups in total. The Kier molecular flexibility index (Phi) is 2490. The van der Waals surface area contributed by atoms with Crippen molar-refractivity contribution >= 4 is 45.7 Å². The molecule has 0 aromatic heterocycles.